The third-order valence-corrected chi connectivity index (χ3v) is 7.07. The van der Waals surface area contributed by atoms with E-state index in [1.165, 1.54) is 0 Å². The van der Waals surface area contributed by atoms with Crippen LogP contribution in [0, 0.1) is 28.4 Å². The summed E-state index contributed by atoms with van der Waals surface area (Å²) in [5.41, 5.74) is -4.55. The number of hydrogen-bond acceptors (Lipinski definition) is 4. The summed E-state index contributed by atoms with van der Waals surface area (Å²) in [5.74, 6) is -5.84. The highest BCUT2D eigenvalue weighted by Gasteiger charge is 2.82. The first-order valence-corrected chi connectivity index (χ1v) is 10.0. The van der Waals surface area contributed by atoms with E-state index in [9.17, 15) is 13.9 Å². The van der Waals surface area contributed by atoms with Crippen LogP contribution < -0.4 is 0 Å². The molecule has 32 heavy (non-hydrogen) atoms. The lowest BCUT2D eigenvalue weighted by molar-refractivity contribution is -0.347. The maximum absolute atomic E-state index is 16.1. The summed E-state index contributed by atoms with van der Waals surface area (Å²) < 4.78 is 61.7. The van der Waals surface area contributed by atoms with Gasteiger partial charge < -0.3 is 5.11 Å². The second-order valence-corrected chi connectivity index (χ2v) is 8.93. The van der Waals surface area contributed by atoms with Gasteiger partial charge in [0, 0.05) is 11.0 Å². The Bertz CT molecular complexity index is 1200. The molecule has 1 aromatic heterocycles. The monoisotopic (exact) mass is 442 g/mol. The molecule has 0 saturated heterocycles. The van der Waals surface area contributed by atoms with E-state index in [1.54, 1.807) is 24.3 Å². The van der Waals surface area contributed by atoms with E-state index in [-0.39, 0.29) is 19.3 Å². The highest BCUT2D eigenvalue weighted by Crippen LogP contribution is 2.80. The van der Waals surface area contributed by atoms with Crippen molar-refractivity contribution in [1.29, 1.82) is 5.26 Å². The summed E-state index contributed by atoms with van der Waals surface area (Å²) in [7, 11) is 0. The Morgan fingerprint density at radius 1 is 1.09 bits per heavy atom. The van der Waals surface area contributed by atoms with Crippen molar-refractivity contribution < 1.29 is 22.7 Å². The van der Waals surface area contributed by atoms with Gasteiger partial charge in [0.25, 0.3) is 5.92 Å². The number of hydrogen-bond donors (Lipinski definition) is 1. The fourth-order valence-electron chi connectivity index (χ4n) is 5.48. The molecule has 6 rings (SSSR count). The molecule has 3 fully saturated rings. The molecule has 5 nitrogen and oxygen atoms in total. The normalized spacial score (nSPS) is 25.9. The molecule has 3 aliphatic rings. The average molecular weight is 442 g/mol. The number of benzene rings is 2. The number of aliphatic hydroxyl groups is 1. The molecule has 1 heterocycles. The molecule has 0 amide bonds. The zero-order valence-electron chi connectivity index (χ0n) is 16.8. The average Bonchev–Trinajstić information content (AvgIpc) is 3.20. The van der Waals surface area contributed by atoms with Crippen molar-refractivity contribution in [3.05, 3.63) is 83.4 Å². The zero-order chi connectivity index (χ0) is 22.8. The van der Waals surface area contributed by atoms with E-state index >= 15 is 8.78 Å². The van der Waals surface area contributed by atoms with Crippen LogP contribution in [0.3, 0.4) is 0 Å². The molecule has 3 aromatic rings. The van der Waals surface area contributed by atoms with Gasteiger partial charge in [-0.05, 0) is 60.6 Å². The van der Waals surface area contributed by atoms with Crippen molar-refractivity contribution in [3.8, 4) is 6.07 Å². The van der Waals surface area contributed by atoms with E-state index in [1.807, 2.05) is 6.07 Å². The van der Waals surface area contributed by atoms with Crippen molar-refractivity contribution in [1.82, 2.24) is 14.8 Å². The Balaban J connectivity index is 1.51. The molecule has 2 bridgehead atoms. The summed E-state index contributed by atoms with van der Waals surface area (Å²) in [6.07, 6.45) is 2.53. The Morgan fingerprint density at radius 2 is 1.78 bits per heavy atom. The van der Waals surface area contributed by atoms with Gasteiger partial charge in [-0.15, -0.1) is 0 Å². The Hall–Kier alpha value is -3.25. The van der Waals surface area contributed by atoms with Gasteiger partial charge in [0.15, 0.2) is 5.60 Å². The number of nitriles is 1. The maximum atomic E-state index is 16.1. The van der Waals surface area contributed by atoms with Crippen LogP contribution >= 0.6 is 0 Å². The fourth-order valence-corrected chi connectivity index (χ4v) is 5.48. The SMILES string of the molecule is N#Cc1ccc(C23CC(C(F)(F)C(O)(Cn4cncn4)c4cc(F)ccc4F)(C2)C3)cc1. The number of halogens is 4. The van der Waals surface area contributed by atoms with Crippen molar-refractivity contribution in [2.24, 2.45) is 5.41 Å². The molecule has 164 valence electrons. The second-order valence-electron chi connectivity index (χ2n) is 8.93. The Kier molecular flexibility index (Phi) is 4.27. The van der Waals surface area contributed by atoms with Crippen LogP contribution in [0.4, 0.5) is 17.6 Å². The molecule has 2 aromatic carbocycles. The molecular weight excluding hydrogens is 424 g/mol. The number of rotatable bonds is 6. The van der Waals surface area contributed by atoms with E-state index in [0.29, 0.717) is 11.6 Å². The Morgan fingerprint density at radius 3 is 2.38 bits per heavy atom. The van der Waals surface area contributed by atoms with Crippen LogP contribution in [0.2, 0.25) is 0 Å². The summed E-state index contributed by atoms with van der Waals surface area (Å²) in [6.45, 7) is -0.786. The smallest absolute Gasteiger partial charge is 0.287 e. The van der Waals surface area contributed by atoms with Crippen LogP contribution in [-0.2, 0) is 17.6 Å². The van der Waals surface area contributed by atoms with Gasteiger partial charge in [-0.3, -0.25) is 0 Å². The van der Waals surface area contributed by atoms with E-state index in [2.05, 4.69) is 10.1 Å². The Labute approximate surface area is 180 Å². The molecule has 0 spiro atoms. The number of nitrogens with zero attached hydrogens (tertiary/aromatic N) is 4. The van der Waals surface area contributed by atoms with Crippen molar-refractivity contribution in [2.45, 2.75) is 42.7 Å². The highest BCUT2D eigenvalue weighted by molar-refractivity contribution is 5.45. The summed E-state index contributed by atoms with van der Waals surface area (Å²) in [6, 6.07) is 11.0. The van der Waals surface area contributed by atoms with Gasteiger partial charge in [-0.2, -0.15) is 10.4 Å². The molecule has 3 saturated carbocycles. The summed E-state index contributed by atoms with van der Waals surface area (Å²) in [5, 5.41) is 24.1. The van der Waals surface area contributed by atoms with Gasteiger partial charge in [0.1, 0.15) is 24.3 Å². The number of aromatic nitrogens is 3. The molecule has 1 N–H and O–H groups in total. The molecular formula is C23H18F4N4O. The first kappa shape index (κ1) is 20.6. The van der Waals surface area contributed by atoms with Crippen LogP contribution in [0.15, 0.2) is 55.1 Å². The predicted octanol–water partition coefficient (Wildman–Crippen LogP) is 4.07. The number of alkyl halides is 2. The van der Waals surface area contributed by atoms with Crippen LogP contribution in [0.25, 0.3) is 0 Å². The molecule has 0 radical (unpaired) electrons. The molecule has 1 atom stereocenters. The molecule has 1 unspecified atom stereocenters. The quantitative estimate of drug-likeness (QED) is 0.584. The standard InChI is InChI=1S/C23H18F4N4O/c24-17-5-6-19(25)18(7-17)22(32,12-31-14-29-13-30-31)23(26,27)21-9-20(10-21,11-21)16-3-1-15(8-28)2-4-16/h1-7,13-14,32H,9-12H2. The van der Waals surface area contributed by atoms with Crippen molar-refractivity contribution >= 4 is 0 Å². The lowest BCUT2D eigenvalue weighted by Gasteiger charge is -2.74. The summed E-state index contributed by atoms with van der Waals surface area (Å²) in [4.78, 5) is 3.70. The lowest BCUT2D eigenvalue weighted by Crippen LogP contribution is -2.76. The second kappa shape index (κ2) is 6.62. The third-order valence-electron chi connectivity index (χ3n) is 7.07. The highest BCUT2D eigenvalue weighted by atomic mass is 19.3. The molecule has 0 aliphatic heterocycles. The van der Waals surface area contributed by atoms with Crippen LogP contribution in [0.1, 0.15) is 36.0 Å². The molecule has 9 heteroatoms. The van der Waals surface area contributed by atoms with Crippen LogP contribution in [-0.4, -0.2) is 25.8 Å². The minimum absolute atomic E-state index is 0.0928. The van der Waals surface area contributed by atoms with Gasteiger partial charge in [0.05, 0.1) is 18.2 Å². The van der Waals surface area contributed by atoms with E-state index in [0.717, 1.165) is 35.0 Å². The third kappa shape index (κ3) is 2.65. The van der Waals surface area contributed by atoms with Crippen molar-refractivity contribution in [3.63, 3.8) is 0 Å². The largest absolute Gasteiger partial charge is 0.377 e. The first-order valence-electron chi connectivity index (χ1n) is 10.0. The zero-order valence-corrected chi connectivity index (χ0v) is 16.8. The van der Waals surface area contributed by atoms with Gasteiger partial charge in [-0.1, -0.05) is 12.1 Å². The van der Waals surface area contributed by atoms with E-state index < -0.39 is 46.1 Å². The van der Waals surface area contributed by atoms with Crippen LogP contribution in [0.5, 0.6) is 0 Å². The summed E-state index contributed by atoms with van der Waals surface area (Å²) >= 11 is 0. The predicted molar refractivity (Wildman–Crippen MR) is 104 cm³/mol. The van der Waals surface area contributed by atoms with Crippen molar-refractivity contribution in [2.75, 3.05) is 0 Å². The fraction of sp³-hybridized carbons (Fsp3) is 0.348. The van der Waals surface area contributed by atoms with E-state index in [4.69, 9.17) is 5.26 Å². The van der Waals surface area contributed by atoms with Gasteiger partial charge >= 0.3 is 0 Å². The maximum Gasteiger partial charge on any atom is 0.287 e. The minimum atomic E-state index is -3.78. The van der Waals surface area contributed by atoms with Gasteiger partial charge in [0.2, 0.25) is 0 Å². The molecule has 3 aliphatic carbocycles. The topological polar surface area (TPSA) is 74.7 Å². The minimum Gasteiger partial charge on any atom is -0.377 e. The lowest BCUT2D eigenvalue weighted by atomic mass is 9.30. The van der Waals surface area contributed by atoms with Gasteiger partial charge in [-0.25, -0.2) is 27.2 Å². The first-order chi connectivity index (χ1) is 15.1.